The molecule has 2 aliphatic rings. The predicted octanol–water partition coefficient (Wildman–Crippen LogP) is 3.35. The van der Waals surface area contributed by atoms with Crippen molar-refractivity contribution >= 4 is 22.6 Å². The van der Waals surface area contributed by atoms with Gasteiger partial charge in [-0.05, 0) is 48.4 Å². The number of hydrogen-bond acceptors (Lipinski definition) is 6. The Bertz CT molecular complexity index is 1100. The molecule has 2 aliphatic heterocycles. The second kappa shape index (κ2) is 9.43. The van der Waals surface area contributed by atoms with E-state index in [1.807, 2.05) is 24.5 Å². The third kappa shape index (κ3) is 4.83. The van der Waals surface area contributed by atoms with E-state index in [1.165, 1.54) is 10.9 Å². The second-order valence-electron chi connectivity index (χ2n) is 9.55. The molecular weight excluding hydrogens is 414 g/mol. The zero-order valence-electron chi connectivity index (χ0n) is 19.2. The van der Waals surface area contributed by atoms with E-state index in [0.29, 0.717) is 19.8 Å². The minimum absolute atomic E-state index is 0.259. The molecule has 3 aromatic rings. The number of piperidine rings is 1. The van der Waals surface area contributed by atoms with Gasteiger partial charge in [-0.3, -0.25) is 9.78 Å². The van der Waals surface area contributed by atoms with Crippen LogP contribution >= 0.6 is 0 Å². The van der Waals surface area contributed by atoms with Gasteiger partial charge in [-0.15, -0.1) is 0 Å². The lowest BCUT2D eigenvalue weighted by molar-refractivity contribution is -0.142. The molecule has 0 aliphatic carbocycles. The van der Waals surface area contributed by atoms with Gasteiger partial charge >= 0.3 is 0 Å². The number of pyridine rings is 1. The Morgan fingerprint density at radius 1 is 1.09 bits per heavy atom. The van der Waals surface area contributed by atoms with E-state index in [1.54, 1.807) is 12.4 Å². The number of amides is 1. The number of hydrogen-bond donors (Lipinski definition) is 0. The molecule has 0 bridgehead atoms. The number of benzene rings is 1. The van der Waals surface area contributed by atoms with E-state index in [2.05, 4.69) is 49.9 Å². The van der Waals surface area contributed by atoms with Gasteiger partial charge in [0, 0.05) is 67.7 Å². The topological polar surface area (TPSA) is 71.5 Å². The van der Waals surface area contributed by atoms with Gasteiger partial charge in [-0.1, -0.05) is 19.1 Å². The van der Waals surface area contributed by atoms with Gasteiger partial charge in [-0.25, -0.2) is 9.97 Å². The van der Waals surface area contributed by atoms with Crippen LogP contribution in [0.15, 0.2) is 55.1 Å². The van der Waals surface area contributed by atoms with Crippen molar-refractivity contribution in [2.75, 3.05) is 44.3 Å². The quantitative estimate of drug-likeness (QED) is 0.613. The lowest BCUT2D eigenvalue weighted by atomic mass is 9.79. The molecule has 2 aromatic heterocycles. The maximum atomic E-state index is 13.7. The molecule has 1 amide bonds. The molecule has 1 unspecified atom stereocenters. The molecule has 1 aromatic carbocycles. The van der Waals surface area contributed by atoms with Gasteiger partial charge in [0.1, 0.15) is 0 Å². The first kappa shape index (κ1) is 21.8. The zero-order valence-corrected chi connectivity index (χ0v) is 19.2. The number of carbonyl (C=O) groups is 1. The summed E-state index contributed by atoms with van der Waals surface area (Å²) in [5, 5.41) is 2.35. The van der Waals surface area contributed by atoms with Crippen LogP contribution in [0.4, 0.5) is 5.95 Å². The van der Waals surface area contributed by atoms with Crippen molar-refractivity contribution in [3.05, 3.63) is 60.7 Å². The monoisotopic (exact) mass is 445 g/mol. The summed E-state index contributed by atoms with van der Waals surface area (Å²) in [5.74, 6) is 1.29. The van der Waals surface area contributed by atoms with E-state index in [4.69, 9.17) is 4.74 Å². The summed E-state index contributed by atoms with van der Waals surface area (Å²) in [4.78, 5) is 30.9. The average molecular weight is 446 g/mol. The fourth-order valence-corrected chi connectivity index (χ4v) is 5.03. The largest absolute Gasteiger partial charge is 0.379 e. The zero-order chi connectivity index (χ0) is 22.7. The highest BCUT2D eigenvalue weighted by Gasteiger charge is 2.40. The van der Waals surface area contributed by atoms with Gasteiger partial charge in [0.25, 0.3) is 0 Å². The van der Waals surface area contributed by atoms with Crippen LogP contribution in [-0.4, -0.2) is 65.2 Å². The molecular formula is C26H31N5O2. The minimum atomic E-state index is -0.352. The summed E-state index contributed by atoms with van der Waals surface area (Å²) < 4.78 is 5.91. The molecule has 0 spiro atoms. The van der Waals surface area contributed by atoms with Crippen LogP contribution in [0, 0.1) is 11.3 Å². The Hall–Kier alpha value is -3.06. The van der Waals surface area contributed by atoms with Crippen LogP contribution in [0.5, 0.6) is 0 Å². The molecule has 4 heterocycles. The molecule has 33 heavy (non-hydrogen) atoms. The predicted molar refractivity (Wildman–Crippen MR) is 128 cm³/mol. The van der Waals surface area contributed by atoms with Crippen LogP contribution in [0.1, 0.15) is 25.3 Å². The lowest BCUT2D eigenvalue weighted by Gasteiger charge is -2.41. The van der Waals surface area contributed by atoms with Crippen LogP contribution in [-0.2, 0) is 16.0 Å². The molecule has 0 saturated carbocycles. The normalized spacial score (nSPS) is 21.1. The molecule has 2 fully saturated rings. The second-order valence-corrected chi connectivity index (χ2v) is 9.55. The fourth-order valence-electron chi connectivity index (χ4n) is 5.03. The van der Waals surface area contributed by atoms with Gasteiger partial charge < -0.3 is 14.5 Å². The molecule has 0 radical (unpaired) electrons. The Kier molecular flexibility index (Phi) is 6.22. The highest BCUT2D eigenvalue weighted by atomic mass is 16.5. The number of aromatic nitrogens is 3. The summed E-state index contributed by atoms with van der Waals surface area (Å²) >= 11 is 0. The third-order valence-electron chi connectivity index (χ3n) is 7.07. The van der Waals surface area contributed by atoms with E-state index in [9.17, 15) is 4.79 Å². The van der Waals surface area contributed by atoms with E-state index in [0.717, 1.165) is 50.2 Å². The standard InChI is InChI=1S/C26H31N5O2/c1-26(6-11-30(12-7-26)25-28-8-2-9-29-25)24(32)31-13-14-33-19-21(18-31)15-20-3-4-22-5-10-27-17-23(22)16-20/h2-5,8-10,16-17,21H,6-7,11-15,18-19H2,1H3. The Balaban J connectivity index is 1.24. The smallest absolute Gasteiger partial charge is 0.228 e. The number of fused-ring (bicyclic) bond motifs is 1. The molecule has 1 atom stereocenters. The van der Waals surface area contributed by atoms with Crippen molar-refractivity contribution in [1.29, 1.82) is 0 Å². The van der Waals surface area contributed by atoms with Crippen molar-refractivity contribution in [1.82, 2.24) is 19.9 Å². The Morgan fingerprint density at radius 2 is 1.91 bits per heavy atom. The number of anilines is 1. The van der Waals surface area contributed by atoms with E-state index in [-0.39, 0.29) is 17.2 Å². The first-order valence-corrected chi connectivity index (χ1v) is 11.8. The van der Waals surface area contributed by atoms with Crippen molar-refractivity contribution in [3.8, 4) is 0 Å². The first-order valence-electron chi connectivity index (χ1n) is 11.8. The third-order valence-corrected chi connectivity index (χ3v) is 7.07. The highest BCUT2D eigenvalue weighted by molar-refractivity contribution is 5.83. The number of carbonyl (C=O) groups excluding carboxylic acids is 1. The Morgan fingerprint density at radius 3 is 2.73 bits per heavy atom. The maximum Gasteiger partial charge on any atom is 0.228 e. The van der Waals surface area contributed by atoms with Gasteiger partial charge in [0.2, 0.25) is 11.9 Å². The van der Waals surface area contributed by atoms with Crippen LogP contribution in [0.25, 0.3) is 10.8 Å². The molecule has 2 saturated heterocycles. The fraction of sp³-hybridized carbons (Fsp3) is 0.462. The SMILES string of the molecule is CC1(C(=O)N2CCOCC(Cc3ccc4ccncc4c3)C2)CCN(c2ncccn2)CC1. The Labute approximate surface area is 194 Å². The summed E-state index contributed by atoms with van der Waals surface area (Å²) in [6.07, 6.45) is 9.78. The van der Waals surface area contributed by atoms with E-state index < -0.39 is 0 Å². The van der Waals surface area contributed by atoms with Gasteiger partial charge in [0.15, 0.2) is 0 Å². The minimum Gasteiger partial charge on any atom is -0.379 e. The molecule has 172 valence electrons. The number of rotatable bonds is 4. The molecule has 0 N–H and O–H groups in total. The lowest BCUT2D eigenvalue weighted by Crippen LogP contribution is -2.50. The van der Waals surface area contributed by atoms with Crippen molar-refractivity contribution < 1.29 is 9.53 Å². The summed E-state index contributed by atoms with van der Waals surface area (Å²) in [6, 6.07) is 10.4. The van der Waals surface area contributed by atoms with E-state index >= 15 is 0 Å². The van der Waals surface area contributed by atoms with Crippen LogP contribution in [0.2, 0.25) is 0 Å². The summed E-state index contributed by atoms with van der Waals surface area (Å²) in [5.41, 5.74) is 0.912. The molecule has 7 heteroatoms. The maximum absolute atomic E-state index is 13.7. The van der Waals surface area contributed by atoms with Crippen molar-refractivity contribution in [3.63, 3.8) is 0 Å². The highest BCUT2D eigenvalue weighted by Crippen LogP contribution is 2.34. The van der Waals surface area contributed by atoms with Crippen LogP contribution < -0.4 is 4.90 Å². The van der Waals surface area contributed by atoms with Gasteiger partial charge in [0.05, 0.1) is 13.2 Å². The van der Waals surface area contributed by atoms with Crippen molar-refractivity contribution in [2.24, 2.45) is 11.3 Å². The summed E-state index contributed by atoms with van der Waals surface area (Å²) in [7, 11) is 0. The molecule has 5 rings (SSSR count). The number of ether oxygens (including phenoxy) is 1. The van der Waals surface area contributed by atoms with Crippen LogP contribution in [0.3, 0.4) is 0 Å². The average Bonchev–Trinajstić information content (AvgIpc) is 3.10. The summed E-state index contributed by atoms with van der Waals surface area (Å²) in [6.45, 7) is 6.41. The first-order chi connectivity index (χ1) is 16.1. The number of nitrogens with zero attached hydrogens (tertiary/aromatic N) is 5. The molecule has 7 nitrogen and oxygen atoms in total. The van der Waals surface area contributed by atoms with Gasteiger partial charge in [-0.2, -0.15) is 0 Å². The van der Waals surface area contributed by atoms with Crippen molar-refractivity contribution in [2.45, 2.75) is 26.2 Å².